The van der Waals surface area contributed by atoms with Crippen LogP contribution in [0.3, 0.4) is 0 Å². The molecule has 1 aromatic heterocycles. The number of nitrogens with zero attached hydrogens (tertiary/aromatic N) is 1. The highest BCUT2D eigenvalue weighted by atomic mass is 32.1. The van der Waals surface area contributed by atoms with E-state index in [0.29, 0.717) is 12.3 Å². The van der Waals surface area contributed by atoms with E-state index >= 15 is 0 Å². The number of aromatic nitrogens is 1. The fourth-order valence-electron chi connectivity index (χ4n) is 1.85. The Morgan fingerprint density at radius 2 is 2.44 bits per heavy atom. The molecule has 4 nitrogen and oxygen atoms in total. The molecule has 2 N–H and O–H groups in total. The summed E-state index contributed by atoms with van der Waals surface area (Å²) < 4.78 is 0. The highest BCUT2D eigenvalue weighted by Gasteiger charge is 2.18. The summed E-state index contributed by atoms with van der Waals surface area (Å²) in [6, 6.07) is 0. The van der Waals surface area contributed by atoms with Crippen molar-refractivity contribution in [2.24, 2.45) is 5.92 Å². The van der Waals surface area contributed by atoms with Gasteiger partial charge >= 0.3 is 0 Å². The molecule has 0 aromatic carbocycles. The fraction of sp³-hybridized carbons (Fsp3) is 0.636. The van der Waals surface area contributed by atoms with E-state index in [9.17, 15) is 4.79 Å². The summed E-state index contributed by atoms with van der Waals surface area (Å²) in [6.45, 7) is 5.97. The predicted molar refractivity (Wildman–Crippen MR) is 65.8 cm³/mol. The first-order chi connectivity index (χ1) is 7.65. The minimum atomic E-state index is 0.0856. The molecular formula is C11H17N3OS. The maximum atomic E-state index is 11.7. The largest absolute Gasteiger partial charge is 0.316 e. The van der Waals surface area contributed by atoms with Gasteiger partial charge in [0.2, 0.25) is 5.91 Å². The van der Waals surface area contributed by atoms with Crippen LogP contribution < -0.4 is 10.6 Å². The first-order valence-electron chi connectivity index (χ1n) is 5.59. The second-order valence-electron chi connectivity index (χ2n) is 4.27. The third-order valence-electron chi connectivity index (χ3n) is 2.91. The lowest BCUT2D eigenvalue weighted by molar-refractivity contribution is -0.116. The van der Waals surface area contributed by atoms with Crippen molar-refractivity contribution >= 4 is 22.4 Å². The Kier molecular flexibility index (Phi) is 3.56. The van der Waals surface area contributed by atoms with Crippen LogP contribution in [-0.2, 0) is 4.79 Å². The third kappa shape index (κ3) is 2.80. The molecule has 5 heteroatoms. The Morgan fingerprint density at radius 1 is 1.62 bits per heavy atom. The van der Waals surface area contributed by atoms with Crippen LogP contribution in [0.4, 0.5) is 5.13 Å². The van der Waals surface area contributed by atoms with Crippen molar-refractivity contribution < 1.29 is 4.79 Å². The zero-order valence-electron chi connectivity index (χ0n) is 9.67. The molecule has 1 unspecified atom stereocenters. The summed E-state index contributed by atoms with van der Waals surface area (Å²) in [5, 5.41) is 6.86. The summed E-state index contributed by atoms with van der Waals surface area (Å²) in [5.74, 6) is 0.574. The van der Waals surface area contributed by atoms with E-state index in [-0.39, 0.29) is 5.91 Å². The molecule has 1 aliphatic rings. The maximum absolute atomic E-state index is 11.7. The number of nitrogens with one attached hydrogen (secondary N) is 2. The van der Waals surface area contributed by atoms with Gasteiger partial charge in [0.05, 0.1) is 5.69 Å². The average molecular weight is 239 g/mol. The smallest absolute Gasteiger partial charge is 0.226 e. The zero-order valence-corrected chi connectivity index (χ0v) is 10.5. The van der Waals surface area contributed by atoms with Gasteiger partial charge in [0, 0.05) is 11.3 Å². The standard InChI is InChI=1S/C11H17N3OS/c1-7-8(2)16-11(13-7)14-10(15)5-9-3-4-12-6-9/h9,12H,3-6H2,1-2H3,(H,13,14,15). The van der Waals surface area contributed by atoms with Crippen molar-refractivity contribution in [3.05, 3.63) is 10.6 Å². The molecule has 2 heterocycles. The highest BCUT2D eigenvalue weighted by Crippen LogP contribution is 2.22. The van der Waals surface area contributed by atoms with Crippen molar-refractivity contribution in [2.75, 3.05) is 18.4 Å². The fourth-order valence-corrected chi connectivity index (χ4v) is 2.68. The number of carbonyl (C=O) groups excluding carboxylic acids is 1. The number of rotatable bonds is 3. The maximum Gasteiger partial charge on any atom is 0.226 e. The van der Waals surface area contributed by atoms with E-state index in [4.69, 9.17) is 0 Å². The van der Waals surface area contributed by atoms with Crippen molar-refractivity contribution in [1.29, 1.82) is 0 Å². The van der Waals surface area contributed by atoms with E-state index in [1.54, 1.807) is 11.3 Å². The van der Waals surface area contributed by atoms with Crippen LogP contribution in [0, 0.1) is 19.8 Å². The molecular weight excluding hydrogens is 222 g/mol. The van der Waals surface area contributed by atoms with E-state index in [0.717, 1.165) is 35.2 Å². The van der Waals surface area contributed by atoms with E-state index in [2.05, 4.69) is 15.6 Å². The van der Waals surface area contributed by atoms with Gasteiger partial charge in [-0.2, -0.15) is 0 Å². The van der Waals surface area contributed by atoms with E-state index < -0.39 is 0 Å². The lowest BCUT2D eigenvalue weighted by Crippen LogP contribution is -2.18. The average Bonchev–Trinajstić information content (AvgIpc) is 2.78. The molecule has 1 saturated heterocycles. The quantitative estimate of drug-likeness (QED) is 0.844. The minimum Gasteiger partial charge on any atom is -0.316 e. The molecule has 0 spiro atoms. The number of hydrogen-bond acceptors (Lipinski definition) is 4. The van der Waals surface area contributed by atoms with Crippen LogP contribution in [0.25, 0.3) is 0 Å². The molecule has 2 rings (SSSR count). The summed E-state index contributed by atoms with van der Waals surface area (Å²) in [4.78, 5) is 17.2. The predicted octanol–water partition coefficient (Wildman–Crippen LogP) is 1.70. The van der Waals surface area contributed by atoms with Crippen LogP contribution >= 0.6 is 11.3 Å². The Balaban J connectivity index is 1.86. The number of thiazole rings is 1. The molecule has 0 aliphatic carbocycles. The number of hydrogen-bond donors (Lipinski definition) is 2. The molecule has 1 atom stereocenters. The van der Waals surface area contributed by atoms with Crippen LogP contribution in [-0.4, -0.2) is 24.0 Å². The first-order valence-corrected chi connectivity index (χ1v) is 6.41. The lowest BCUT2D eigenvalue weighted by Gasteiger charge is -2.06. The normalized spacial score (nSPS) is 20.0. The van der Waals surface area contributed by atoms with Gasteiger partial charge in [-0.3, -0.25) is 4.79 Å². The molecule has 1 fully saturated rings. The monoisotopic (exact) mass is 239 g/mol. The minimum absolute atomic E-state index is 0.0856. The van der Waals surface area contributed by atoms with Gasteiger partial charge in [-0.25, -0.2) is 4.98 Å². The number of amides is 1. The topological polar surface area (TPSA) is 54.0 Å². The first kappa shape index (κ1) is 11.5. The van der Waals surface area contributed by atoms with Crippen molar-refractivity contribution in [2.45, 2.75) is 26.7 Å². The van der Waals surface area contributed by atoms with Crippen LogP contribution in [0.15, 0.2) is 0 Å². The molecule has 1 aromatic rings. The molecule has 16 heavy (non-hydrogen) atoms. The van der Waals surface area contributed by atoms with Gasteiger partial charge in [-0.15, -0.1) is 11.3 Å². The molecule has 0 bridgehead atoms. The van der Waals surface area contributed by atoms with Crippen LogP contribution in [0.2, 0.25) is 0 Å². The second kappa shape index (κ2) is 4.93. The van der Waals surface area contributed by atoms with Gasteiger partial charge in [-0.1, -0.05) is 0 Å². The highest BCUT2D eigenvalue weighted by molar-refractivity contribution is 7.15. The molecule has 88 valence electrons. The van der Waals surface area contributed by atoms with E-state index in [1.165, 1.54) is 0 Å². The van der Waals surface area contributed by atoms with Crippen molar-refractivity contribution in [3.8, 4) is 0 Å². The van der Waals surface area contributed by atoms with Gasteiger partial charge in [0.25, 0.3) is 0 Å². The van der Waals surface area contributed by atoms with E-state index in [1.807, 2.05) is 13.8 Å². The molecule has 1 amide bonds. The van der Waals surface area contributed by atoms with Crippen LogP contribution in [0.5, 0.6) is 0 Å². The summed E-state index contributed by atoms with van der Waals surface area (Å²) >= 11 is 1.54. The summed E-state index contributed by atoms with van der Waals surface area (Å²) in [5.41, 5.74) is 1.00. The Morgan fingerprint density at radius 3 is 3.00 bits per heavy atom. The molecule has 1 aliphatic heterocycles. The lowest BCUT2D eigenvalue weighted by atomic mass is 10.1. The van der Waals surface area contributed by atoms with Gasteiger partial charge < -0.3 is 10.6 Å². The zero-order chi connectivity index (χ0) is 11.5. The van der Waals surface area contributed by atoms with Crippen molar-refractivity contribution in [1.82, 2.24) is 10.3 Å². The van der Waals surface area contributed by atoms with Gasteiger partial charge in [0.1, 0.15) is 0 Å². The Labute approximate surface area is 99.5 Å². The second-order valence-corrected chi connectivity index (χ2v) is 5.47. The summed E-state index contributed by atoms with van der Waals surface area (Å²) in [7, 11) is 0. The number of aryl methyl sites for hydroxylation is 2. The molecule has 0 saturated carbocycles. The Hall–Kier alpha value is -0.940. The number of anilines is 1. The third-order valence-corrected chi connectivity index (χ3v) is 3.90. The summed E-state index contributed by atoms with van der Waals surface area (Å²) in [6.07, 6.45) is 1.70. The van der Waals surface area contributed by atoms with Gasteiger partial charge in [-0.05, 0) is 39.3 Å². The SMILES string of the molecule is Cc1nc(NC(=O)CC2CCNC2)sc1C. The van der Waals surface area contributed by atoms with Crippen LogP contribution in [0.1, 0.15) is 23.4 Å². The molecule has 0 radical (unpaired) electrons. The Bertz CT molecular complexity index is 363. The van der Waals surface area contributed by atoms with Crippen molar-refractivity contribution in [3.63, 3.8) is 0 Å². The number of carbonyl (C=O) groups is 1. The van der Waals surface area contributed by atoms with Gasteiger partial charge in [0.15, 0.2) is 5.13 Å².